The molecule has 1 unspecified atom stereocenters. The topological polar surface area (TPSA) is 45.5 Å². The Morgan fingerprint density at radius 2 is 1.77 bits per heavy atom. The summed E-state index contributed by atoms with van der Waals surface area (Å²) in [4.78, 5) is 30.3. The fraction of sp³-hybridized carbons (Fsp3) is 0.500. The van der Waals surface area contributed by atoms with Crippen LogP contribution in [0.1, 0.15) is 65.1 Å². The molecular weight excluding hydrogens is 381 g/mol. The first kappa shape index (κ1) is 20.8. The first-order chi connectivity index (χ1) is 14.5. The molecular formula is C24H30FN3O2. The Hall–Kier alpha value is -2.47. The van der Waals surface area contributed by atoms with Gasteiger partial charge in [0, 0.05) is 43.5 Å². The Balaban J connectivity index is 1.48. The van der Waals surface area contributed by atoms with Crippen LogP contribution < -0.4 is 0 Å². The molecule has 1 aromatic heterocycles. The van der Waals surface area contributed by atoms with Gasteiger partial charge in [-0.15, -0.1) is 0 Å². The van der Waals surface area contributed by atoms with Gasteiger partial charge in [-0.1, -0.05) is 6.92 Å². The molecule has 30 heavy (non-hydrogen) atoms. The number of hydrogen-bond donors (Lipinski definition) is 0. The lowest BCUT2D eigenvalue weighted by atomic mass is 9.87. The molecule has 4 rings (SSSR count). The quantitative estimate of drug-likeness (QED) is 0.697. The van der Waals surface area contributed by atoms with Gasteiger partial charge >= 0.3 is 0 Å². The third-order valence-corrected chi connectivity index (χ3v) is 6.59. The number of carbonyl (C=O) groups excluding carboxylic acids is 2. The van der Waals surface area contributed by atoms with Crippen molar-refractivity contribution >= 4 is 11.7 Å². The van der Waals surface area contributed by atoms with Gasteiger partial charge in [-0.05, 0) is 69.1 Å². The monoisotopic (exact) mass is 411 g/mol. The number of piperidine rings is 1. The lowest BCUT2D eigenvalue weighted by molar-refractivity contribution is 0.0717. The van der Waals surface area contributed by atoms with Gasteiger partial charge < -0.3 is 9.47 Å². The zero-order chi connectivity index (χ0) is 21.3. The molecule has 0 aliphatic carbocycles. The summed E-state index contributed by atoms with van der Waals surface area (Å²) in [6.07, 6.45) is 5.43. The predicted molar refractivity (Wildman–Crippen MR) is 114 cm³/mol. The number of ketones is 1. The number of carbonyl (C=O) groups is 2. The first-order valence-corrected chi connectivity index (χ1v) is 11.0. The Kier molecular flexibility index (Phi) is 6.04. The van der Waals surface area contributed by atoms with Crippen molar-refractivity contribution in [2.75, 3.05) is 26.2 Å². The molecule has 0 spiro atoms. The van der Waals surface area contributed by atoms with Crippen LogP contribution in [-0.4, -0.2) is 52.2 Å². The van der Waals surface area contributed by atoms with Crippen LogP contribution in [0.4, 0.5) is 4.39 Å². The van der Waals surface area contributed by atoms with E-state index in [0.717, 1.165) is 63.1 Å². The van der Waals surface area contributed by atoms with Crippen molar-refractivity contribution in [3.05, 3.63) is 59.2 Å². The minimum absolute atomic E-state index is 0.0245. The van der Waals surface area contributed by atoms with E-state index in [1.807, 2.05) is 24.2 Å². The van der Waals surface area contributed by atoms with E-state index in [1.54, 1.807) is 12.1 Å². The average Bonchev–Trinajstić information content (AvgIpc) is 3.08. The highest BCUT2D eigenvalue weighted by Gasteiger charge is 2.36. The number of aryl methyl sites for hydroxylation is 1. The molecule has 0 radical (unpaired) electrons. The van der Waals surface area contributed by atoms with E-state index in [2.05, 4.69) is 16.4 Å². The molecule has 1 fully saturated rings. The van der Waals surface area contributed by atoms with Crippen molar-refractivity contribution in [3.63, 3.8) is 0 Å². The van der Waals surface area contributed by atoms with Crippen molar-refractivity contribution in [2.45, 2.75) is 38.6 Å². The number of nitrogens with zero attached hydrogens (tertiary/aromatic N) is 3. The van der Waals surface area contributed by atoms with Crippen LogP contribution in [0.5, 0.6) is 0 Å². The summed E-state index contributed by atoms with van der Waals surface area (Å²) in [5.41, 5.74) is 2.51. The summed E-state index contributed by atoms with van der Waals surface area (Å²) in [5.74, 6) is -0.0981. The van der Waals surface area contributed by atoms with Crippen molar-refractivity contribution in [1.82, 2.24) is 14.4 Å². The maximum atomic E-state index is 13.2. The van der Waals surface area contributed by atoms with Gasteiger partial charge in [-0.2, -0.15) is 0 Å². The minimum atomic E-state index is -0.320. The molecule has 1 amide bonds. The highest BCUT2D eigenvalue weighted by Crippen LogP contribution is 2.35. The Morgan fingerprint density at radius 1 is 1.07 bits per heavy atom. The minimum Gasteiger partial charge on any atom is -0.352 e. The van der Waals surface area contributed by atoms with Crippen LogP contribution >= 0.6 is 0 Å². The Labute approximate surface area is 177 Å². The number of benzene rings is 1. The summed E-state index contributed by atoms with van der Waals surface area (Å²) in [7, 11) is 2.01. The van der Waals surface area contributed by atoms with E-state index in [9.17, 15) is 14.0 Å². The van der Waals surface area contributed by atoms with Gasteiger partial charge in [0.05, 0.1) is 11.6 Å². The van der Waals surface area contributed by atoms with Crippen LogP contribution in [0.3, 0.4) is 0 Å². The molecule has 5 nitrogen and oxygen atoms in total. The number of amides is 1. The second kappa shape index (κ2) is 8.72. The zero-order valence-electron chi connectivity index (χ0n) is 17.8. The van der Waals surface area contributed by atoms with Crippen LogP contribution in [0, 0.1) is 11.7 Å². The van der Waals surface area contributed by atoms with Gasteiger partial charge in [0.15, 0.2) is 5.78 Å². The normalized spacial score (nSPS) is 20.8. The summed E-state index contributed by atoms with van der Waals surface area (Å²) >= 11 is 0. The fourth-order valence-corrected chi connectivity index (χ4v) is 4.99. The molecule has 0 saturated carbocycles. The van der Waals surface area contributed by atoms with E-state index in [-0.39, 0.29) is 29.5 Å². The molecule has 2 aromatic rings. The maximum Gasteiger partial charge on any atom is 0.255 e. The number of fused-ring (bicyclic) bond motifs is 1. The van der Waals surface area contributed by atoms with Crippen LogP contribution in [0.2, 0.25) is 0 Å². The Bertz CT molecular complexity index is 913. The summed E-state index contributed by atoms with van der Waals surface area (Å²) in [5, 5.41) is 0. The number of hydrogen-bond acceptors (Lipinski definition) is 3. The molecule has 6 heteroatoms. The lowest BCUT2D eigenvalue weighted by Crippen LogP contribution is -2.40. The van der Waals surface area contributed by atoms with Crippen molar-refractivity contribution in [1.29, 1.82) is 0 Å². The molecule has 1 atom stereocenters. The molecule has 3 heterocycles. The lowest BCUT2D eigenvalue weighted by Gasteiger charge is -2.37. The van der Waals surface area contributed by atoms with Gasteiger partial charge in [0.25, 0.3) is 5.91 Å². The maximum absolute atomic E-state index is 13.2. The van der Waals surface area contributed by atoms with Gasteiger partial charge in [0.1, 0.15) is 5.82 Å². The highest BCUT2D eigenvalue weighted by atomic mass is 19.1. The summed E-state index contributed by atoms with van der Waals surface area (Å²) < 4.78 is 15.3. The number of rotatable bonds is 5. The molecule has 0 bridgehead atoms. The van der Waals surface area contributed by atoms with Crippen LogP contribution in [-0.2, 0) is 7.05 Å². The van der Waals surface area contributed by atoms with Crippen molar-refractivity contribution < 1.29 is 14.0 Å². The molecule has 1 aromatic carbocycles. The van der Waals surface area contributed by atoms with E-state index in [1.165, 1.54) is 12.1 Å². The number of halogens is 1. The zero-order valence-corrected chi connectivity index (χ0v) is 17.8. The highest BCUT2D eigenvalue weighted by molar-refractivity contribution is 5.98. The first-order valence-electron chi connectivity index (χ1n) is 11.0. The molecule has 160 valence electrons. The standard InChI is InChI=1S/C24H30FN3O2/c1-3-12-28-16-11-21(22-20(24(28)30)10-13-26(22)2)27-14-8-18(9-15-27)23(29)17-4-6-19(25)7-5-17/h4-7,10,13,18,21H,3,8-9,11-12,14-16H2,1-2H3. The molecule has 1 saturated heterocycles. The van der Waals surface area contributed by atoms with Crippen LogP contribution in [0.25, 0.3) is 0 Å². The van der Waals surface area contributed by atoms with Crippen molar-refractivity contribution in [2.24, 2.45) is 13.0 Å². The van der Waals surface area contributed by atoms with Gasteiger partial charge in [-0.3, -0.25) is 14.5 Å². The summed E-state index contributed by atoms with van der Waals surface area (Å²) in [6.45, 7) is 5.31. The van der Waals surface area contributed by atoms with E-state index < -0.39 is 0 Å². The van der Waals surface area contributed by atoms with Crippen molar-refractivity contribution in [3.8, 4) is 0 Å². The smallest absolute Gasteiger partial charge is 0.255 e. The van der Waals surface area contributed by atoms with Gasteiger partial charge in [0.2, 0.25) is 0 Å². The third-order valence-electron chi connectivity index (χ3n) is 6.59. The summed E-state index contributed by atoms with van der Waals surface area (Å²) in [6, 6.07) is 8.00. The molecule has 2 aliphatic rings. The predicted octanol–water partition coefficient (Wildman–Crippen LogP) is 4.06. The largest absolute Gasteiger partial charge is 0.352 e. The SMILES string of the molecule is CCCN1CCC(N2CCC(C(=O)c3ccc(F)cc3)CC2)c2c(ccn2C)C1=O. The van der Waals surface area contributed by atoms with Crippen LogP contribution in [0.15, 0.2) is 36.5 Å². The average molecular weight is 412 g/mol. The second-order valence-corrected chi connectivity index (χ2v) is 8.50. The second-order valence-electron chi connectivity index (χ2n) is 8.50. The molecule has 2 aliphatic heterocycles. The number of Topliss-reactive ketones (excluding diaryl/α,β-unsaturated/α-hetero) is 1. The van der Waals surface area contributed by atoms with E-state index >= 15 is 0 Å². The van der Waals surface area contributed by atoms with Gasteiger partial charge in [-0.25, -0.2) is 4.39 Å². The number of likely N-dealkylation sites (tertiary alicyclic amines) is 1. The van der Waals surface area contributed by atoms with E-state index in [0.29, 0.717) is 5.56 Å². The Morgan fingerprint density at radius 3 is 2.43 bits per heavy atom. The molecule has 0 N–H and O–H groups in total. The third kappa shape index (κ3) is 3.93. The fourth-order valence-electron chi connectivity index (χ4n) is 4.99. The number of aromatic nitrogens is 1. The van der Waals surface area contributed by atoms with E-state index in [4.69, 9.17) is 0 Å².